The number of hydrogen-bond acceptors (Lipinski definition) is 9. The molecule has 8 nitrogen and oxygen atoms in total. The highest BCUT2D eigenvalue weighted by atomic mass is 32.1. The van der Waals surface area contributed by atoms with Gasteiger partial charge in [0, 0.05) is 62.8 Å². The second-order valence-electron chi connectivity index (χ2n) is 11.2. The molecule has 0 unspecified atom stereocenters. The van der Waals surface area contributed by atoms with Gasteiger partial charge in [-0.15, -0.1) is 11.3 Å². The van der Waals surface area contributed by atoms with Crippen LogP contribution >= 0.6 is 11.3 Å². The van der Waals surface area contributed by atoms with E-state index in [1.165, 1.54) is 5.56 Å². The van der Waals surface area contributed by atoms with Gasteiger partial charge in [-0.25, -0.2) is 4.98 Å². The average molecular weight is 625 g/mol. The van der Waals surface area contributed by atoms with Crippen molar-refractivity contribution < 1.29 is 18.9 Å². The molecular formula is C36H40N4O4S. The molecule has 1 fully saturated rings. The highest BCUT2D eigenvalue weighted by molar-refractivity contribution is 7.09. The molecule has 0 spiro atoms. The Morgan fingerprint density at radius 3 is 2.56 bits per heavy atom. The van der Waals surface area contributed by atoms with E-state index in [1.54, 1.807) is 25.6 Å². The number of fused-ring (bicyclic) bond motifs is 1. The molecule has 3 aromatic carbocycles. The standard InChI is InChI=1S/C36H40N4O4S/c1-27(40-18-16-38(17-19-40)15-7-10-28-8-5-4-6-9-28)32-25-45-36(37-32)24-39(22-29-11-14-33-35(20-29)44-26-43-33)23-30-12-13-31(41-2)21-34(30)42-3/h4-14,20-21,25H,1,15-19,22-24,26H2,2-3H3/b10-7+. The van der Waals surface area contributed by atoms with Gasteiger partial charge in [-0.2, -0.15) is 0 Å². The van der Waals surface area contributed by atoms with E-state index in [9.17, 15) is 0 Å². The lowest BCUT2D eigenvalue weighted by molar-refractivity contribution is 0.174. The van der Waals surface area contributed by atoms with Crippen molar-refractivity contribution in [3.05, 3.63) is 112 Å². The van der Waals surface area contributed by atoms with Crippen molar-refractivity contribution in [3.63, 3.8) is 0 Å². The number of thiazole rings is 1. The molecular weight excluding hydrogens is 584 g/mol. The molecule has 9 heteroatoms. The largest absolute Gasteiger partial charge is 0.497 e. The fourth-order valence-corrected chi connectivity index (χ4v) is 6.50. The summed E-state index contributed by atoms with van der Waals surface area (Å²) >= 11 is 1.68. The monoisotopic (exact) mass is 624 g/mol. The van der Waals surface area contributed by atoms with Crippen LogP contribution in [0.3, 0.4) is 0 Å². The first-order valence-electron chi connectivity index (χ1n) is 15.2. The lowest BCUT2D eigenvalue weighted by atomic mass is 10.1. The summed E-state index contributed by atoms with van der Waals surface area (Å²) in [6.07, 6.45) is 4.45. The van der Waals surface area contributed by atoms with E-state index in [-0.39, 0.29) is 6.79 Å². The zero-order valence-electron chi connectivity index (χ0n) is 26.0. The van der Waals surface area contributed by atoms with Gasteiger partial charge in [-0.05, 0) is 29.3 Å². The van der Waals surface area contributed by atoms with E-state index in [4.69, 9.17) is 23.9 Å². The van der Waals surface area contributed by atoms with Crippen molar-refractivity contribution in [2.45, 2.75) is 19.6 Å². The van der Waals surface area contributed by atoms with Gasteiger partial charge in [0.15, 0.2) is 11.5 Å². The number of nitrogens with zero attached hydrogens (tertiary/aromatic N) is 4. The number of aromatic nitrogens is 1. The molecule has 0 saturated carbocycles. The second kappa shape index (κ2) is 14.6. The van der Waals surface area contributed by atoms with Crippen molar-refractivity contribution in [2.75, 3.05) is 53.7 Å². The summed E-state index contributed by atoms with van der Waals surface area (Å²) in [5, 5.41) is 3.18. The molecule has 0 aliphatic carbocycles. The Labute approximate surface area is 269 Å². The van der Waals surface area contributed by atoms with Gasteiger partial charge in [-0.3, -0.25) is 9.80 Å². The summed E-state index contributed by atoms with van der Waals surface area (Å²) in [7, 11) is 3.36. The third-order valence-electron chi connectivity index (χ3n) is 8.17. The van der Waals surface area contributed by atoms with Crippen LogP contribution in [0.1, 0.15) is 27.4 Å². The van der Waals surface area contributed by atoms with Crippen LogP contribution in [0.15, 0.2) is 84.8 Å². The van der Waals surface area contributed by atoms with Crippen molar-refractivity contribution in [3.8, 4) is 23.0 Å². The van der Waals surface area contributed by atoms with Gasteiger partial charge in [0.25, 0.3) is 0 Å². The molecule has 234 valence electrons. The molecule has 1 saturated heterocycles. The quantitative estimate of drug-likeness (QED) is 0.170. The fourth-order valence-electron chi connectivity index (χ4n) is 5.66. The lowest BCUT2D eigenvalue weighted by Gasteiger charge is -2.36. The first kappa shape index (κ1) is 30.7. The van der Waals surface area contributed by atoms with Gasteiger partial charge >= 0.3 is 0 Å². The second-order valence-corrected chi connectivity index (χ2v) is 12.1. The molecule has 1 aromatic heterocycles. The van der Waals surface area contributed by atoms with Crippen LogP contribution < -0.4 is 18.9 Å². The minimum Gasteiger partial charge on any atom is -0.497 e. The Hall–Kier alpha value is -4.31. The first-order valence-corrected chi connectivity index (χ1v) is 16.1. The first-order chi connectivity index (χ1) is 22.1. The molecule has 0 amide bonds. The molecule has 6 rings (SSSR count). The molecule has 45 heavy (non-hydrogen) atoms. The van der Waals surface area contributed by atoms with E-state index in [0.29, 0.717) is 19.6 Å². The van der Waals surface area contributed by atoms with Crippen LogP contribution in [-0.2, 0) is 19.6 Å². The zero-order chi connectivity index (χ0) is 31.0. The average Bonchev–Trinajstić information content (AvgIpc) is 3.75. The Bertz CT molecular complexity index is 1610. The number of methoxy groups -OCH3 is 2. The number of rotatable bonds is 13. The maximum absolute atomic E-state index is 5.72. The number of benzene rings is 3. The van der Waals surface area contributed by atoms with Crippen molar-refractivity contribution in [1.82, 2.24) is 19.7 Å². The zero-order valence-corrected chi connectivity index (χ0v) is 26.8. The van der Waals surface area contributed by atoms with Crippen LogP contribution in [0.5, 0.6) is 23.0 Å². The number of hydrogen-bond donors (Lipinski definition) is 0. The number of ether oxygens (including phenoxy) is 4. The highest BCUT2D eigenvalue weighted by Gasteiger charge is 2.21. The van der Waals surface area contributed by atoms with Crippen molar-refractivity contribution >= 4 is 23.1 Å². The summed E-state index contributed by atoms with van der Waals surface area (Å²) in [5.74, 6) is 3.14. The summed E-state index contributed by atoms with van der Waals surface area (Å²) in [5.41, 5.74) is 5.41. The Balaban J connectivity index is 1.10. The Morgan fingerprint density at radius 2 is 1.76 bits per heavy atom. The van der Waals surface area contributed by atoms with Crippen LogP contribution in [0.2, 0.25) is 0 Å². The topological polar surface area (TPSA) is 59.5 Å². The van der Waals surface area contributed by atoms with Crippen molar-refractivity contribution in [2.24, 2.45) is 0 Å². The minimum atomic E-state index is 0.262. The summed E-state index contributed by atoms with van der Waals surface area (Å²) < 4.78 is 22.3. The van der Waals surface area contributed by atoms with E-state index >= 15 is 0 Å². The molecule has 2 aliphatic rings. The van der Waals surface area contributed by atoms with Gasteiger partial charge < -0.3 is 23.8 Å². The maximum atomic E-state index is 5.72. The predicted octanol–water partition coefficient (Wildman–Crippen LogP) is 6.39. The third-order valence-corrected chi connectivity index (χ3v) is 9.00. The summed E-state index contributed by atoms with van der Waals surface area (Å²) in [4.78, 5) is 12.3. The molecule has 3 heterocycles. The summed E-state index contributed by atoms with van der Waals surface area (Å²) in [6.45, 7) is 11.6. The van der Waals surface area contributed by atoms with E-state index in [1.807, 2.05) is 24.3 Å². The van der Waals surface area contributed by atoms with E-state index in [0.717, 1.165) is 83.2 Å². The predicted molar refractivity (Wildman–Crippen MR) is 180 cm³/mol. The molecule has 0 radical (unpaired) electrons. The van der Waals surface area contributed by atoms with Crippen LogP contribution in [0.4, 0.5) is 0 Å². The van der Waals surface area contributed by atoms with Gasteiger partial charge in [0.2, 0.25) is 6.79 Å². The molecule has 0 N–H and O–H groups in total. The third kappa shape index (κ3) is 7.86. The van der Waals surface area contributed by atoms with Crippen molar-refractivity contribution in [1.29, 1.82) is 0 Å². The smallest absolute Gasteiger partial charge is 0.231 e. The SMILES string of the molecule is C=C(c1csc(CN(Cc2ccc3c(c2)OCO3)Cc2ccc(OC)cc2OC)n1)N1CCN(C/C=C/c2ccccc2)CC1. The highest BCUT2D eigenvalue weighted by Crippen LogP contribution is 2.34. The number of piperazine rings is 1. The van der Waals surface area contributed by atoms with Crippen LogP contribution in [0.25, 0.3) is 11.8 Å². The Morgan fingerprint density at radius 1 is 0.933 bits per heavy atom. The fraction of sp³-hybridized carbons (Fsp3) is 0.306. The summed E-state index contributed by atoms with van der Waals surface area (Å²) in [6, 6.07) is 22.6. The van der Waals surface area contributed by atoms with E-state index in [2.05, 4.69) is 81.3 Å². The molecule has 4 aromatic rings. The molecule has 0 atom stereocenters. The Kier molecular flexibility index (Phi) is 9.99. The van der Waals surface area contributed by atoms with E-state index < -0.39 is 0 Å². The van der Waals surface area contributed by atoms with Crippen LogP contribution in [-0.4, -0.2) is 73.4 Å². The molecule has 2 aliphatic heterocycles. The maximum Gasteiger partial charge on any atom is 0.231 e. The normalized spacial score (nSPS) is 14.8. The van der Waals surface area contributed by atoms with Gasteiger partial charge in [0.05, 0.1) is 32.2 Å². The minimum absolute atomic E-state index is 0.262. The van der Waals surface area contributed by atoms with Crippen LogP contribution in [0, 0.1) is 0 Å². The van der Waals surface area contributed by atoms with Gasteiger partial charge in [-0.1, -0.05) is 61.2 Å². The van der Waals surface area contributed by atoms with Gasteiger partial charge in [0.1, 0.15) is 16.5 Å². The lowest BCUT2D eigenvalue weighted by Crippen LogP contribution is -2.45. The molecule has 0 bridgehead atoms.